The number of hydrogen-bond acceptors (Lipinski definition) is 7. The predicted octanol–water partition coefficient (Wildman–Crippen LogP) is 6.01. The molecule has 0 aromatic heterocycles. The van der Waals surface area contributed by atoms with Crippen molar-refractivity contribution in [3.8, 4) is 0 Å². The quantitative estimate of drug-likeness (QED) is 0.258. The Balaban J connectivity index is 1.81. The van der Waals surface area contributed by atoms with Gasteiger partial charge < -0.3 is 19.7 Å². The summed E-state index contributed by atoms with van der Waals surface area (Å²) in [5.74, 6) is -0.863. The molecule has 0 saturated heterocycles. The Hall–Kier alpha value is -3.89. The molecule has 0 aliphatic carbocycles. The lowest BCUT2D eigenvalue weighted by Gasteiger charge is -2.30. The summed E-state index contributed by atoms with van der Waals surface area (Å²) in [4.78, 5) is 38.8. The topological polar surface area (TPSA) is 119 Å². The van der Waals surface area contributed by atoms with Gasteiger partial charge in [-0.25, -0.2) is 13.2 Å². The molecule has 0 radical (unpaired) electrons. The zero-order valence-electron chi connectivity index (χ0n) is 24.9. The Kier molecular flexibility index (Phi) is 11.4. The zero-order valence-corrected chi connectivity index (χ0v) is 26.5. The number of benzene rings is 3. The average Bonchev–Trinajstić information content (AvgIpc) is 2.94. The molecule has 230 valence electrons. The van der Waals surface area contributed by atoms with Crippen molar-refractivity contribution in [2.45, 2.75) is 62.5 Å². The van der Waals surface area contributed by atoms with Crippen LogP contribution in [0.15, 0.2) is 82.6 Å². The van der Waals surface area contributed by atoms with E-state index in [1.807, 2.05) is 0 Å². The number of carbonyl (C=O) groups excluding carboxylic acids is 3. The van der Waals surface area contributed by atoms with Crippen molar-refractivity contribution in [1.82, 2.24) is 10.2 Å². The Morgan fingerprint density at radius 2 is 1.63 bits per heavy atom. The number of carbonyl (C=O) groups is 3. The lowest BCUT2D eigenvalue weighted by molar-refractivity contribution is -0.147. The first kappa shape index (κ1) is 33.6. The van der Waals surface area contributed by atoms with E-state index < -0.39 is 33.6 Å². The van der Waals surface area contributed by atoms with Gasteiger partial charge in [0.2, 0.25) is 9.84 Å². The Bertz CT molecular complexity index is 1550. The largest absolute Gasteiger partial charge is 0.456 e. The molecule has 2 amide bonds. The van der Waals surface area contributed by atoms with Crippen LogP contribution in [0.4, 0.5) is 4.79 Å². The first-order chi connectivity index (χ1) is 20.2. The van der Waals surface area contributed by atoms with E-state index in [9.17, 15) is 22.8 Å². The van der Waals surface area contributed by atoms with Gasteiger partial charge in [0.05, 0.1) is 16.3 Å². The van der Waals surface area contributed by atoms with Crippen molar-refractivity contribution in [2.24, 2.45) is 0 Å². The minimum Gasteiger partial charge on any atom is -0.456 e. The van der Waals surface area contributed by atoms with E-state index in [4.69, 9.17) is 21.1 Å². The van der Waals surface area contributed by atoms with Crippen LogP contribution < -0.4 is 5.32 Å². The third kappa shape index (κ3) is 9.83. The number of nitrogens with one attached hydrogen (secondary N) is 1. The number of nitrogens with zero attached hydrogens (tertiary/aromatic N) is 1. The first-order valence-electron chi connectivity index (χ1n) is 13.8. The second kappa shape index (κ2) is 14.5. The van der Waals surface area contributed by atoms with E-state index in [-0.39, 0.29) is 34.4 Å². The maximum atomic E-state index is 13.3. The van der Waals surface area contributed by atoms with E-state index in [2.05, 4.69) is 5.32 Å². The van der Waals surface area contributed by atoms with Crippen molar-refractivity contribution >= 4 is 39.4 Å². The summed E-state index contributed by atoms with van der Waals surface area (Å²) in [5.41, 5.74) is 0.899. The molecule has 1 N–H and O–H groups in total. The molecule has 0 aliphatic heterocycles. The molecule has 9 nitrogen and oxygen atoms in total. The van der Waals surface area contributed by atoms with Crippen LogP contribution in [0.3, 0.4) is 0 Å². The van der Waals surface area contributed by atoms with Crippen LogP contribution in [0.25, 0.3) is 0 Å². The molecule has 11 heteroatoms. The number of esters is 1. The van der Waals surface area contributed by atoms with Crippen molar-refractivity contribution < 1.29 is 32.3 Å². The van der Waals surface area contributed by atoms with Gasteiger partial charge in [0, 0.05) is 30.6 Å². The van der Waals surface area contributed by atoms with Gasteiger partial charge >= 0.3 is 12.1 Å². The Morgan fingerprint density at radius 3 is 2.23 bits per heavy atom. The fourth-order valence-corrected chi connectivity index (χ4v) is 5.71. The Morgan fingerprint density at radius 1 is 0.953 bits per heavy atom. The summed E-state index contributed by atoms with van der Waals surface area (Å²) in [5, 5.41) is 3.13. The number of ether oxygens (including phenoxy) is 2. The van der Waals surface area contributed by atoms with Crippen LogP contribution in [0.1, 0.15) is 62.2 Å². The van der Waals surface area contributed by atoms with E-state index in [1.165, 1.54) is 42.2 Å². The normalized spacial score (nSPS) is 12.2. The zero-order chi connectivity index (χ0) is 31.8. The van der Waals surface area contributed by atoms with Crippen LogP contribution in [0, 0.1) is 0 Å². The molecule has 0 unspecified atom stereocenters. The second-order valence-corrected chi connectivity index (χ2v) is 13.3. The molecule has 0 saturated carbocycles. The molecule has 43 heavy (non-hydrogen) atoms. The van der Waals surface area contributed by atoms with Gasteiger partial charge in [-0.1, -0.05) is 41.9 Å². The Labute approximate surface area is 258 Å². The van der Waals surface area contributed by atoms with Crippen molar-refractivity contribution in [3.63, 3.8) is 0 Å². The maximum Gasteiger partial charge on any atom is 0.410 e. The lowest BCUT2D eigenvalue weighted by Crippen LogP contribution is -2.41. The van der Waals surface area contributed by atoms with E-state index in [1.54, 1.807) is 70.2 Å². The average molecular weight is 629 g/mol. The second-order valence-electron chi connectivity index (χ2n) is 10.9. The first-order valence-corrected chi connectivity index (χ1v) is 15.7. The molecule has 3 rings (SSSR count). The van der Waals surface area contributed by atoms with Gasteiger partial charge in [-0.2, -0.15) is 0 Å². The summed E-state index contributed by atoms with van der Waals surface area (Å²) in [6.45, 7) is 8.99. The van der Waals surface area contributed by atoms with Crippen molar-refractivity contribution in [3.05, 3.63) is 94.5 Å². The number of rotatable bonds is 11. The number of hydrogen-bond donors (Lipinski definition) is 1. The molecular weight excluding hydrogens is 592 g/mol. The molecular formula is C32H37ClN2O7S. The number of sulfone groups is 1. The maximum absolute atomic E-state index is 13.3. The summed E-state index contributed by atoms with van der Waals surface area (Å²) in [7, 11) is -3.88. The smallest absolute Gasteiger partial charge is 0.410 e. The van der Waals surface area contributed by atoms with Gasteiger partial charge in [0.1, 0.15) is 11.7 Å². The SMILES string of the molecule is CCNC(=O)c1cccc(S(=O)(=O)c2ccc(CCN(C[C@@H](OC(C)=O)c3cccc(Cl)c3)C(=O)OC(C)(C)C)cc2)c1. The van der Waals surface area contributed by atoms with Crippen LogP contribution in [0.5, 0.6) is 0 Å². The summed E-state index contributed by atoms with van der Waals surface area (Å²) in [6, 6.07) is 19.1. The van der Waals surface area contributed by atoms with Crippen molar-refractivity contribution in [2.75, 3.05) is 19.6 Å². The van der Waals surface area contributed by atoms with Gasteiger partial charge in [0.15, 0.2) is 0 Å². The predicted molar refractivity (Wildman–Crippen MR) is 164 cm³/mol. The van der Waals surface area contributed by atoms with E-state index in [0.29, 0.717) is 23.6 Å². The highest BCUT2D eigenvalue weighted by atomic mass is 35.5. The van der Waals surface area contributed by atoms with Gasteiger partial charge in [-0.05, 0) is 87.7 Å². The standard InChI is InChI=1S/C32H37ClN2O7S/c1-6-34-30(37)25-10-8-12-28(20-25)43(39,40)27-15-13-23(14-16-27)17-18-35(31(38)42-32(3,4)5)21-29(41-22(2)36)24-9-7-11-26(33)19-24/h7-16,19-20,29H,6,17-18,21H2,1-5H3,(H,34,37)/t29-/m1/s1. The molecule has 3 aromatic carbocycles. The highest BCUT2D eigenvalue weighted by Gasteiger charge is 2.27. The van der Waals surface area contributed by atoms with Crippen LogP contribution in [0.2, 0.25) is 5.02 Å². The van der Waals surface area contributed by atoms with E-state index in [0.717, 1.165) is 5.56 Å². The molecule has 0 aliphatic rings. The molecule has 0 fully saturated rings. The van der Waals surface area contributed by atoms with Crippen LogP contribution >= 0.6 is 11.6 Å². The minimum atomic E-state index is -3.88. The molecule has 0 heterocycles. The van der Waals surface area contributed by atoms with Gasteiger partial charge in [-0.15, -0.1) is 0 Å². The highest BCUT2D eigenvalue weighted by molar-refractivity contribution is 7.91. The summed E-state index contributed by atoms with van der Waals surface area (Å²) < 4.78 is 37.7. The third-order valence-electron chi connectivity index (χ3n) is 6.21. The summed E-state index contributed by atoms with van der Waals surface area (Å²) >= 11 is 6.16. The van der Waals surface area contributed by atoms with Crippen molar-refractivity contribution in [1.29, 1.82) is 0 Å². The van der Waals surface area contributed by atoms with Gasteiger partial charge in [0.25, 0.3) is 5.91 Å². The fraction of sp³-hybridized carbons (Fsp3) is 0.344. The van der Waals surface area contributed by atoms with Gasteiger partial charge in [-0.3, -0.25) is 9.59 Å². The monoisotopic (exact) mass is 628 g/mol. The minimum absolute atomic E-state index is 0.0117. The van der Waals surface area contributed by atoms with E-state index >= 15 is 0 Å². The lowest BCUT2D eigenvalue weighted by atomic mass is 10.1. The molecule has 1 atom stereocenters. The highest BCUT2D eigenvalue weighted by Crippen LogP contribution is 2.25. The molecule has 0 bridgehead atoms. The number of halogens is 1. The summed E-state index contributed by atoms with van der Waals surface area (Å²) in [6.07, 6.45) is -1.00. The van der Waals surface area contributed by atoms with Crippen LogP contribution in [-0.2, 0) is 30.5 Å². The van der Waals surface area contributed by atoms with Crippen LogP contribution in [-0.4, -0.2) is 56.5 Å². The third-order valence-corrected chi connectivity index (χ3v) is 8.22. The molecule has 3 aromatic rings. The molecule has 0 spiro atoms. The fourth-order valence-electron chi connectivity index (χ4n) is 4.20. The number of amides is 2.